The first kappa shape index (κ1) is 17.7. The third-order valence-electron chi connectivity index (χ3n) is 3.88. The summed E-state index contributed by atoms with van der Waals surface area (Å²) in [5, 5.41) is 33.9. The molecule has 1 aliphatic rings. The van der Waals surface area contributed by atoms with E-state index in [4.69, 9.17) is 27.9 Å². The molecule has 1 saturated heterocycles. The number of aliphatic hydroxyl groups excluding tert-OH is 3. The summed E-state index contributed by atoms with van der Waals surface area (Å²) in [6, 6.07) is 3.33. The molecule has 0 bridgehead atoms. The standard InChI is InChI=1S/C15H19Cl2N3O4/c1-6(2)18-15-19-9-3-7(16)8(17)4-10(9)20(15)14-13(23)12(22)11(21)5-24-14/h3-4,6,11-14,21-23H,5H2,1-2H3,(H,18,19)/t11-,12+,13+,14-/m0/s1. The average molecular weight is 376 g/mol. The SMILES string of the molecule is CC(C)Nc1nc2cc(Cl)c(Cl)cc2n1[C@H]1OC[C@H](O)[C@@H](O)[C@H]1O. The van der Waals surface area contributed by atoms with Gasteiger partial charge in [-0.1, -0.05) is 23.2 Å². The maximum absolute atomic E-state index is 10.4. The Morgan fingerprint density at radius 2 is 1.88 bits per heavy atom. The van der Waals surface area contributed by atoms with E-state index in [9.17, 15) is 15.3 Å². The van der Waals surface area contributed by atoms with E-state index in [0.717, 1.165) is 0 Å². The molecule has 24 heavy (non-hydrogen) atoms. The van der Waals surface area contributed by atoms with Gasteiger partial charge in [-0.15, -0.1) is 0 Å². The van der Waals surface area contributed by atoms with E-state index in [-0.39, 0.29) is 12.6 Å². The number of nitrogens with one attached hydrogen (secondary N) is 1. The first-order valence-corrected chi connectivity index (χ1v) is 8.34. The number of benzene rings is 1. The van der Waals surface area contributed by atoms with Crippen molar-refractivity contribution in [3.63, 3.8) is 0 Å². The van der Waals surface area contributed by atoms with Crippen LogP contribution in [0, 0.1) is 0 Å². The lowest BCUT2D eigenvalue weighted by Crippen LogP contribution is -2.50. The fraction of sp³-hybridized carbons (Fsp3) is 0.533. The second kappa shape index (κ2) is 6.67. The highest BCUT2D eigenvalue weighted by Gasteiger charge is 2.40. The quantitative estimate of drug-likeness (QED) is 0.652. The molecule has 1 fully saturated rings. The summed E-state index contributed by atoms with van der Waals surface area (Å²) in [6.07, 6.45) is -4.72. The van der Waals surface area contributed by atoms with Gasteiger partial charge >= 0.3 is 0 Å². The second-order valence-electron chi connectivity index (χ2n) is 6.13. The molecule has 0 aliphatic carbocycles. The summed E-state index contributed by atoms with van der Waals surface area (Å²) in [6.45, 7) is 3.78. The van der Waals surface area contributed by atoms with E-state index < -0.39 is 24.5 Å². The number of imidazole rings is 1. The van der Waals surface area contributed by atoms with E-state index >= 15 is 0 Å². The number of hydrogen-bond donors (Lipinski definition) is 4. The van der Waals surface area contributed by atoms with Gasteiger partial charge in [0.1, 0.15) is 18.3 Å². The van der Waals surface area contributed by atoms with Crippen molar-refractivity contribution in [1.82, 2.24) is 9.55 Å². The Balaban J connectivity index is 2.15. The van der Waals surface area contributed by atoms with Gasteiger partial charge in [0.05, 0.1) is 27.7 Å². The Hall–Kier alpha value is -1.09. The van der Waals surface area contributed by atoms with Crippen molar-refractivity contribution in [2.75, 3.05) is 11.9 Å². The lowest BCUT2D eigenvalue weighted by atomic mass is 10.0. The van der Waals surface area contributed by atoms with Gasteiger partial charge in [0.2, 0.25) is 5.95 Å². The van der Waals surface area contributed by atoms with Crippen LogP contribution in [0.3, 0.4) is 0 Å². The largest absolute Gasteiger partial charge is 0.388 e. The number of fused-ring (bicyclic) bond motifs is 1. The van der Waals surface area contributed by atoms with Crippen LogP contribution >= 0.6 is 23.2 Å². The smallest absolute Gasteiger partial charge is 0.206 e. The number of halogens is 2. The minimum absolute atomic E-state index is 0.0720. The summed E-state index contributed by atoms with van der Waals surface area (Å²) < 4.78 is 7.19. The molecule has 7 nitrogen and oxygen atoms in total. The van der Waals surface area contributed by atoms with Crippen LogP contribution < -0.4 is 5.32 Å². The van der Waals surface area contributed by atoms with Crippen molar-refractivity contribution in [2.45, 2.75) is 44.4 Å². The van der Waals surface area contributed by atoms with Crippen LogP contribution in [0.2, 0.25) is 10.0 Å². The number of aliphatic hydroxyl groups is 3. The third-order valence-corrected chi connectivity index (χ3v) is 4.60. The number of aromatic nitrogens is 2. The number of hydrogen-bond acceptors (Lipinski definition) is 6. The molecule has 0 saturated carbocycles. The van der Waals surface area contributed by atoms with E-state index in [0.29, 0.717) is 27.0 Å². The predicted molar refractivity (Wildman–Crippen MR) is 91.5 cm³/mol. The molecule has 2 heterocycles. The van der Waals surface area contributed by atoms with Gasteiger partial charge in [-0.25, -0.2) is 4.98 Å². The highest BCUT2D eigenvalue weighted by atomic mass is 35.5. The van der Waals surface area contributed by atoms with Crippen LogP contribution in [0.4, 0.5) is 5.95 Å². The zero-order chi connectivity index (χ0) is 17.6. The van der Waals surface area contributed by atoms with E-state index in [1.807, 2.05) is 13.8 Å². The molecule has 1 aromatic carbocycles. The van der Waals surface area contributed by atoms with Gasteiger partial charge in [0, 0.05) is 6.04 Å². The highest BCUT2D eigenvalue weighted by Crippen LogP contribution is 2.35. The molecule has 4 atom stereocenters. The summed E-state index contributed by atoms with van der Waals surface area (Å²) in [4.78, 5) is 4.48. The minimum Gasteiger partial charge on any atom is -0.388 e. The predicted octanol–water partition coefficient (Wildman–Crippen LogP) is 1.77. The maximum Gasteiger partial charge on any atom is 0.206 e. The Bertz CT molecular complexity index is 752. The zero-order valence-corrected chi connectivity index (χ0v) is 14.7. The van der Waals surface area contributed by atoms with Crippen molar-refractivity contribution in [1.29, 1.82) is 0 Å². The van der Waals surface area contributed by atoms with E-state index in [1.165, 1.54) is 0 Å². The van der Waals surface area contributed by atoms with Crippen molar-refractivity contribution >= 4 is 40.2 Å². The van der Waals surface area contributed by atoms with Crippen LogP contribution in [0.25, 0.3) is 11.0 Å². The molecular formula is C15H19Cl2N3O4. The fourth-order valence-electron chi connectivity index (χ4n) is 2.73. The first-order chi connectivity index (χ1) is 11.3. The highest BCUT2D eigenvalue weighted by molar-refractivity contribution is 6.42. The van der Waals surface area contributed by atoms with Crippen LogP contribution in [0.1, 0.15) is 20.1 Å². The van der Waals surface area contributed by atoms with E-state index in [2.05, 4.69) is 10.3 Å². The minimum atomic E-state index is -1.33. The van der Waals surface area contributed by atoms with Crippen LogP contribution in [0.5, 0.6) is 0 Å². The van der Waals surface area contributed by atoms with E-state index in [1.54, 1.807) is 16.7 Å². The van der Waals surface area contributed by atoms with Crippen molar-refractivity contribution in [3.05, 3.63) is 22.2 Å². The lowest BCUT2D eigenvalue weighted by molar-refractivity contribution is -0.209. The van der Waals surface area contributed by atoms with Crippen molar-refractivity contribution < 1.29 is 20.1 Å². The Morgan fingerprint density at radius 3 is 2.54 bits per heavy atom. The zero-order valence-electron chi connectivity index (χ0n) is 13.1. The summed E-state index contributed by atoms with van der Waals surface area (Å²) in [5.41, 5.74) is 1.17. The first-order valence-electron chi connectivity index (χ1n) is 7.59. The Labute approximate surface area is 148 Å². The molecule has 9 heteroatoms. The topological polar surface area (TPSA) is 99.8 Å². The van der Waals surface area contributed by atoms with Crippen LogP contribution in [-0.4, -0.2) is 55.8 Å². The summed E-state index contributed by atoms with van der Waals surface area (Å²) in [7, 11) is 0. The Kier molecular flexibility index (Phi) is 4.92. The molecule has 0 spiro atoms. The monoisotopic (exact) mass is 375 g/mol. The fourth-order valence-corrected chi connectivity index (χ4v) is 3.04. The van der Waals surface area contributed by atoms with Gasteiger partial charge in [-0.2, -0.15) is 0 Å². The van der Waals surface area contributed by atoms with Gasteiger partial charge in [-0.05, 0) is 26.0 Å². The molecule has 2 aromatic rings. The molecule has 0 amide bonds. The van der Waals surface area contributed by atoms with Crippen molar-refractivity contribution in [3.8, 4) is 0 Å². The van der Waals surface area contributed by atoms with Gasteiger partial charge < -0.3 is 25.4 Å². The van der Waals surface area contributed by atoms with Crippen LogP contribution in [0.15, 0.2) is 12.1 Å². The maximum atomic E-state index is 10.4. The molecular weight excluding hydrogens is 357 g/mol. The Morgan fingerprint density at radius 1 is 1.21 bits per heavy atom. The number of anilines is 1. The number of ether oxygens (including phenoxy) is 1. The second-order valence-corrected chi connectivity index (χ2v) is 6.95. The molecule has 1 aromatic heterocycles. The normalized spacial score (nSPS) is 27.8. The van der Waals surface area contributed by atoms with Gasteiger partial charge in [0.25, 0.3) is 0 Å². The third kappa shape index (κ3) is 3.08. The average Bonchev–Trinajstić information content (AvgIpc) is 2.82. The molecule has 132 valence electrons. The van der Waals surface area contributed by atoms with Crippen molar-refractivity contribution in [2.24, 2.45) is 0 Å². The molecule has 1 aliphatic heterocycles. The van der Waals surface area contributed by atoms with Crippen LogP contribution in [-0.2, 0) is 4.74 Å². The summed E-state index contributed by atoms with van der Waals surface area (Å²) in [5.74, 6) is 0.450. The molecule has 0 unspecified atom stereocenters. The molecule has 3 rings (SSSR count). The molecule has 4 N–H and O–H groups in total. The van der Waals surface area contributed by atoms with Gasteiger partial charge in [-0.3, -0.25) is 4.57 Å². The van der Waals surface area contributed by atoms with Gasteiger partial charge in [0.15, 0.2) is 6.23 Å². The number of rotatable bonds is 3. The summed E-state index contributed by atoms with van der Waals surface area (Å²) >= 11 is 12.2. The number of nitrogens with zero attached hydrogens (tertiary/aromatic N) is 2. The lowest BCUT2D eigenvalue weighted by Gasteiger charge is -2.36. The molecule has 0 radical (unpaired) electrons.